The van der Waals surface area contributed by atoms with Gasteiger partial charge in [0.15, 0.2) is 16.3 Å². The van der Waals surface area contributed by atoms with E-state index < -0.39 is 12.0 Å². The summed E-state index contributed by atoms with van der Waals surface area (Å²) < 4.78 is 18.9. The summed E-state index contributed by atoms with van der Waals surface area (Å²) in [6.07, 6.45) is 1.76. The average Bonchev–Trinajstić information content (AvgIpc) is 3.33. The molecule has 1 N–H and O–H groups in total. The molecule has 3 aromatic carbocycles. The third kappa shape index (κ3) is 6.50. The van der Waals surface area contributed by atoms with Crippen molar-refractivity contribution in [2.24, 2.45) is 4.99 Å². The Morgan fingerprint density at radius 1 is 1.09 bits per heavy atom. The van der Waals surface area contributed by atoms with Crippen LogP contribution < -0.4 is 29.3 Å². The molecule has 0 aliphatic carbocycles. The van der Waals surface area contributed by atoms with Gasteiger partial charge in [-0.25, -0.2) is 15.0 Å². The van der Waals surface area contributed by atoms with Crippen LogP contribution in [0.2, 0.25) is 0 Å². The molecule has 0 saturated carbocycles. The van der Waals surface area contributed by atoms with E-state index in [1.807, 2.05) is 49.3 Å². The minimum Gasteiger partial charge on any atom is -0.493 e. The number of benzene rings is 3. The number of ether oxygens (including phenoxy) is 3. The maximum atomic E-state index is 14.0. The fraction of sp³-hybridized carbons (Fsp3) is 0.242. The summed E-state index contributed by atoms with van der Waals surface area (Å²) in [5.41, 5.74) is 3.92. The summed E-state index contributed by atoms with van der Waals surface area (Å²) in [7, 11) is 5.42. The Hall–Kier alpha value is -5.23. The van der Waals surface area contributed by atoms with Crippen LogP contribution in [0.4, 0.5) is 11.4 Å². The molecule has 0 fully saturated rings. The van der Waals surface area contributed by atoms with Crippen LogP contribution in [0.15, 0.2) is 87.8 Å². The van der Waals surface area contributed by atoms with Gasteiger partial charge in [0, 0.05) is 31.9 Å². The lowest BCUT2D eigenvalue weighted by Gasteiger charge is -2.25. The van der Waals surface area contributed by atoms with E-state index in [9.17, 15) is 14.5 Å². The van der Waals surface area contributed by atoms with E-state index in [0.717, 1.165) is 16.8 Å². The molecule has 1 unspecified atom stereocenters. The van der Waals surface area contributed by atoms with E-state index in [2.05, 4.69) is 4.99 Å². The number of thiazole rings is 1. The van der Waals surface area contributed by atoms with Crippen molar-refractivity contribution >= 4 is 34.8 Å². The van der Waals surface area contributed by atoms with Crippen molar-refractivity contribution in [2.45, 2.75) is 26.5 Å². The van der Waals surface area contributed by atoms with Crippen molar-refractivity contribution < 1.29 is 29.1 Å². The lowest BCUT2D eigenvalue weighted by Crippen LogP contribution is -2.39. The second-order valence-electron chi connectivity index (χ2n) is 10.4. The molecular formula is C33H33N4O7S+. The van der Waals surface area contributed by atoms with Crippen molar-refractivity contribution in [3.05, 3.63) is 119 Å². The number of anilines is 1. The van der Waals surface area contributed by atoms with Gasteiger partial charge < -0.3 is 19.1 Å². The van der Waals surface area contributed by atoms with Gasteiger partial charge in [0.1, 0.15) is 6.61 Å². The lowest BCUT2D eigenvalue weighted by molar-refractivity contribution is -0.729. The van der Waals surface area contributed by atoms with Crippen molar-refractivity contribution in [1.29, 1.82) is 0 Å². The summed E-state index contributed by atoms with van der Waals surface area (Å²) in [5, 5.41) is 9.02. The number of aromatic nitrogens is 1. The Balaban J connectivity index is 1.50. The average molecular weight is 630 g/mol. The lowest BCUT2D eigenvalue weighted by atomic mass is 9.95. The number of hydrogen-bond acceptors (Lipinski definition) is 9. The highest BCUT2D eigenvalue weighted by Crippen LogP contribution is 2.32. The number of allylic oxidation sites excluding steroid dienone is 1. The second-order valence-corrected chi connectivity index (χ2v) is 11.4. The predicted octanol–water partition coefficient (Wildman–Crippen LogP) is 4.25. The maximum Gasteiger partial charge on any atom is 0.338 e. The molecule has 0 radical (unpaired) electrons. The fourth-order valence-electron chi connectivity index (χ4n) is 4.99. The van der Waals surface area contributed by atoms with Gasteiger partial charge in [0.2, 0.25) is 0 Å². The number of nitrogens with zero attached hydrogens (tertiary/aromatic N) is 4. The van der Waals surface area contributed by atoms with Gasteiger partial charge in [0.25, 0.3) is 10.5 Å². The maximum absolute atomic E-state index is 14.0. The normalized spacial score (nSPS) is 14.4. The molecule has 45 heavy (non-hydrogen) atoms. The standard InChI is InChI=1S/C33H33N4O7S/c1-6-43-32(39)29-20(2)34-33-36(30(29)23-10-14-24(15-11-23)35(3)4)31(38)28(45-33)18-22-9-16-26(27(17-22)42-5)44-19-21-7-12-25(13-8-21)37(40)41/h7-18,30H,6,19H2,1-5H3,(H,40,41)/q+1/b28-18-. The van der Waals surface area contributed by atoms with Gasteiger partial charge in [-0.15, -0.1) is 0 Å². The molecule has 0 spiro atoms. The topological polar surface area (TPSA) is 123 Å². The molecule has 11 nitrogen and oxygen atoms in total. The highest BCUT2D eigenvalue weighted by Gasteiger charge is 2.33. The minimum atomic E-state index is -0.702. The van der Waals surface area contributed by atoms with Gasteiger partial charge in [-0.2, -0.15) is 0 Å². The summed E-state index contributed by atoms with van der Waals surface area (Å²) in [6.45, 7) is 3.90. The predicted molar refractivity (Wildman–Crippen MR) is 170 cm³/mol. The van der Waals surface area contributed by atoms with Gasteiger partial charge in [-0.3, -0.25) is 9.36 Å². The number of rotatable bonds is 10. The zero-order valence-corrected chi connectivity index (χ0v) is 26.3. The summed E-state index contributed by atoms with van der Waals surface area (Å²) in [4.78, 5) is 45.0. The van der Waals surface area contributed by atoms with Gasteiger partial charge >= 0.3 is 11.7 Å². The smallest absolute Gasteiger partial charge is 0.338 e. The number of fused-ring (bicyclic) bond motifs is 1. The first kappa shape index (κ1) is 31.2. The molecule has 0 amide bonds. The summed E-state index contributed by atoms with van der Waals surface area (Å²) in [6, 6.07) is 18.7. The highest BCUT2D eigenvalue weighted by molar-refractivity contribution is 7.07. The van der Waals surface area contributed by atoms with Crippen LogP contribution in [0.1, 0.15) is 36.6 Å². The van der Waals surface area contributed by atoms with Crippen LogP contribution >= 0.6 is 11.3 Å². The molecule has 12 heteroatoms. The molecular weight excluding hydrogens is 596 g/mol. The van der Waals surface area contributed by atoms with E-state index in [1.165, 1.54) is 30.6 Å². The van der Waals surface area contributed by atoms with Crippen LogP contribution in [0, 0.1) is 4.91 Å². The number of methoxy groups -OCH3 is 1. The van der Waals surface area contributed by atoms with Crippen molar-refractivity contribution in [3.63, 3.8) is 0 Å². The SMILES string of the molecule is CCOC(=O)C1=C(C)N=c2s/c(=C\c3ccc(OCc4ccc([N+](=O)O)cc4)c(OC)c3)c(=O)n2C1c1ccc(N(C)C)cc1. The Morgan fingerprint density at radius 2 is 1.80 bits per heavy atom. The monoisotopic (exact) mass is 629 g/mol. The Labute approximate surface area is 263 Å². The van der Waals surface area contributed by atoms with Crippen molar-refractivity contribution in [3.8, 4) is 11.5 Å². The van der Waals surface area contributed by atoms with Gasteiger partial charge in [-0.1, -0.05) is 29.5 Å². The van der Waals surface area contributed by atoms with E-state index in [0.29, 0.717) is 37.7 Å². The quantitative estimate of drug-likeness (QED) is 0.204. The number of hydrogen-bond donors (Lipinski definition) is 1. The molecule has 1 aliphatic rings. The van der Waals surface area contributed by atoms with Crippen molar-refractivity contribution in [1.82, 2.24) is 4.57 Å². The summed E-state index contributed by atoms with van der Waals surface area (Å²) >= 11 is 1.24. The molecule has 0 saturated heterocycles. The van der Waals surface area contributed by atoms with Crippen LogP contribution in [0.3, 0.4) is 0 Å². The van der Waals surface area contributed by atoms with Crippen LogP contribution in [0.5, 0.6) is 11.5 Å². The Kier molecular flexibility index (Phi) is 9.14. The number of esters is 1. The molecule has 1 atom stereocenters. The van der Waals surface area contributed by atoms with Crippen molar-refractivity contribution in [2.75, 3.05) is 32.7 Å². The fourth-order valence-corrected chi connectivity index (χ4v) is 6.03. The molecule has 1 aromatic heterocycles. The van der Waals surface area contributed by atoms with E-state index in [4.69, 9.17) is 19.4 Å². The van der Waals surface area contributed by atoms with Crippen LogP contribution in [-0.4, -0.2) is 48.5 Å². The Bertz CT molecular complexity index is 1960. The second kappa shape index (κ2) is 13.2. The number of carbonyl (C=O) groups is 1. The minimum absolute atomic E-state index is 0.117. The first-order valence-electron chi connectivity index (χ1n) is 14.1. The first-order valence-corrected chi connectivity index (χ1v) is 15.0. The van der Waals surface area contributed by atoms with E-state index in [-0.39, 0.29) is 29.4 Å². The first-order chi connectivity index (χ1) is 21.6. The third-order valence-corrected chi connectivity index (χ3v) is 8.26. The molecule has 4 aromatic rings. The third-order valence-electron chi connectivity index (χ3n) is 7.28. The zero-order valence-electron chi connectivity index (χ0n) is 25.5. The van der Waals surface area contributed by atoms with Crippen LogP contribution in [-0.2, 0) is 16.1 Å². The van der Waals surface area contributed by atoms with Gasteiger partial charge in [0.05, 0.1) is 40.5 Å². The molecule has 5 rings (SSSR count). The zero-order chi connectivity index (χ0) is 32.2. The molecule has 0 bridgehead atoms. The number of carbonyl (C=O) groups excluding carboxylic acids is 1. The van der Waals surface area contributed by atoms with Gasteiger partial charge in [-0.05, 0) is 73.0 Å². The molecule has 2 heterocycles. The van der Waals surface area contributed by atoms with E-state index in [1.54, 1.807) is 48.8 Å². The molecule has 232 valence electrons. The highest BCUT2D eigenvalue weighted by atomic mass is 32.1. The Morgan fingerprint density at radius 3 is 2.42 bits per heavy atom. The largest absolute Gasteiger partial charge is 0.493 e. The van der Waals surface area contributed by atoms with Crippen LogP contribution in [0.25, 0.3) is 6.08 Å². The van der Waals surface area contributed by atoms with E-state index >= 15 is 0 Å². The molecule has 1 aliphatic heterocycles. The summed E-state index contributed by atoms with van der Waals surface area (Å²) in [5.74, 6) is 0.448.